The van der Waals surface area contributed by atoms with E-state index in [1.807, 2.05) is 43.3 Å². The van der Waals surface area contributed by atoms with E-state index < -0.39 is 0 Å². The first kappa shape index (κ1) is 16.5. The minimum absolute atomic E-state index is 0.146. The van der Waals surface area contributed by atoms with Gasteiger partial charge in [0.25, 0.3) is 5.91 Å². The fraction of sp³-hybridized carbons (Fsp3) is 0.211. The summed E-state index contributed by atoms with van der Waals surface area (Å²) in [5.41, 5.74) is 3.67. The summed E-state index contributed by atoms with van der Waals surface area (Å²) in [6.07, 6.45) is 1.65. The minimum atomic E-state index is -0.183. The highest BCUT2D eigenvalue weighted by Gasteiger charge is 2.23. The first-order valence-electron chi connectivity index (χ1n) is 7.95. The molecule has 1 aromatic carbocycles. The van der Waals surface area contributed by atoms with E-state index in [1.165, 1.54) is 0 Å². The van der Waals surface area contributed by atoms with Gasteiger partial charge in [0.2, 0.25) is 0 Å². The Kier molecular flexibility index (Phi) is 4.40. The van der Waals surface area contributed by atoms with Crippen molar-refractivity contribution in [2.45, 2.75) is 13.0 Å². The molecule has 3 aromatic rings. The Bertz CT molecular complexity index is 932. The molecular formula is C19H19N5O. The van der Waals surface area contributed by atoms with Crippen molar-refractivity contribution in [2.24, 2.45) is 7.05 Å². The molecule has 6 heteroatoms. The van der Waals surface area contributed by atoms with Gasteiger partial charge in [0, 0.05) is 25.9 Å². The maximum absolute atomic E-state index is 12.7. The van der Waals surface area contributed by atoms with E-state index in [4.69, 9.17) is 5.26 Å². The average Bonchev–Trinajstić information content (AvgIpc) is 3.27. The third kappa shape index (κ3) is 3.17. The van der Waals surface area contributed by atoms with Gasteiger partial charge in [-0.3, -0.25) is 9.89 Å². The standard InChI is InChI=1S/C19H19N5O/c1-13(16-10-17(22-21-16)15-7-5-4-6-8-15)24(3)19(25)18-9-14(11-20)12-23(18)2/h4-10,12-13H,1-3H3,(H,21,22)/t13-/m1/s1. The molecule has 1 amide bonds. The van der Waals surface area contributed by atoms with Crippen LogP contribution in [0.4, 0.5) is 0 Å². The van der Waals surface area contributed by atoms with Gasteiger partial charge in [0.15, 0.2) is 0 Å². The fourth-order valence-electron chi connectivity index (χ4n) is 2.71. The van der Waals surface area contributed by atoms with Crippen LogP contribution in [0.15, 0.2) is 48.7 Å². The van der Waals surface area contributed by atoms with E-state index in [0.29, 0.717) is 11.3 Å². The average molecular weight is 333 g/mol. The molecule has 0 bridgehead atoms. The van der Waals surface area contributed by atoms with Crippen molar-refractivity contribution in [3.05, 3.63) is 65.6 Å². The number of aryl methyl sites for hydroxylation is 1. The van der Waals surface area contributed by atoms with E-state index >= 15 is 0 Å². The molecular weight excluding hydrogens is 314 g/mol. The van der Waals surface area contributed by atoms with Crippen molar-refractivity contribution in [2.75, 3.05) is 7.05 Å². The Hall–Kier alpha value is -3.33. The molecule has 6 nitrogen and oxygen atoms in total. The van der Waals surface area contributed by atoms with Gasteiger partial charge >= 0.3 is 0 Å². The second kappa shape index (κ2) is 6.65. The zero-order chi connectivity index (χ0) is 18.0. The van der Waals surface area contributed by atoms with E-state index in [1.54, 1.807) is 35.8 Å². The minimum Gasteiger partial charge on any atom is -0.345 e. The van der Waals surface area contributed by atoms with E-state index in [-0.39, 0.29) is 11.9 Å². The molecule has 3 rings (SSSR count). The van der Waals surface area contributed by atoms with Gasteiger partial charge in [-0.1, -0.05) is 30.3 Å². The van der Waals surface area contributed by atoms with Crippen LogP contribution in [-0.4, -0.2) is 32.6 Å². The number of hydrogen-bond donors (Lipinski definition) is 1. The largest absolute Gasteiger partial charge is 0.345 e. The third-order valence-electron chi connectivity index (χ3n) is 4.37. The molecule has 2 heterocycles. The number of nitrogens with one attached hydrogen (secondary N) is 1. The van der Waals surface area contributed by atoms with Crippen molar-refractivity contribution in [1.82, 2.24) is 19.7 Å². The number of carbonyl (C=O) groups is 1. The van der Waals surface area contributed by atoms with Gasteiger partial charge in [0.05, 0.1) is 23.0 Å². The number of aromatic nitrogens is 3. The van der Waals surface area contributed by atoms with Crippen LogP contribution in [-0.2, 0) is 7.05 Å². The molecule has 2 aromatic heterocycles. The number of hydrogen-bond acceptors (Lipinski definition) is 3. The first-order chi connectivity index (χ1) is 12.0. The molecule has 25 heavy (non-hydrogen) atoms. The van der Waals surface area contributed by atoms with Crippen molar-refractivity contribution >= 4 is 5.91 Å². The summed E-state index contributed by atoms with van der Waals surface area (Å²) in [4.78, 5) is 14.4. The number of amides is 1. The Balaban J connectivity index is 1.82. The summed E-state index contributed by atoms with van der Waals surface area (Å²) in [7, 11) is 3.51. The van der Waals surface area contributed by atoms with Gasteiger partial charge in [0.1, 0.15) is 11.8 Å². The molecule has 0 radical (unpaired) electrons. The summed E-state index contributed by atoms with van der Waals surface area (Å²) < 4.78 is 1.67. The molecule has 0 saturated carbocycles. The van der Waals surface area contributed by atoms with Crippen molar-refractivity contribution in [1.29, 1.82) is 5.26 Å². The molecule has 0 unspecified atom stereocenters. The van der Waals surface area contributed by atoms with E-state index in [9.17, 15) is 4.79 Å². The number of aromatic amines is 1. The summed E-state index contributed by atoms with van der Waals surface area (Å²) in [5.74, 6) is -0.146. The fourth-order valence-corrected chi connectivity index (χ4v) is 2.71. The maximum atomic E-state index is 12.7. The first-order valence-corrected chi connectivity index (χ1v) is 7.95. The lowest BCUT2D eigenvalue weighted by Gasteiger charge is -2.24. The second-order valence-electron chi connectivity index (χ2n) is 6.00. The Morgan fingerprint density at radius 3 is 2.68 bits per heavy atom. The van der Waals surface area contributed by atoms with Gasteiger partial charge < -0.3 is 9.47 Å². The molecule has 0 saturated heterocycles. The van der Waals surface area contributed by atoms with Gasteiger partial charge in [-0.15, -0.1) is 0 Å². The lowest BCUT2D eigenvalue weighted by molar-refractivity contribution is 0.0730. The van der Waals surface area contributed by atoms with Crippen LogP contribution in [0.2, 0.25) is 0 Å². The Labute approximate surface area is 146 Å². The Morgan fingerprint density at radius 2 is 2.04 bits per heavy atom. The van der Waals surface area contributed by atoms with E-state index in [0.717, 1.165) is 17.0 Å². The van der Waals surface area contributed by atoms with Crippen molar-refractivity contribution in [3.63, 3.8) is 0 Å². The number of rotatable bonds is 4. The van der Waals surface area contributed by atoms with Crippen LogP contribution in [0.1, 0.15) is 34.7 Å². The Morgan fingerprint density at radius 1 is 1.32 bits per heavy atom. The predicted molar refractivity (Wildman–Crippen MR) is 94.7 cm³/mol. The second-order valence-corrected chi connectivity index (χ2v) is 6.00. The van der Waals surface area contributed by atoms with Crippen LogP contribution in [0.3, 0.4) is 0 Å². The summed E-state index contributed by atoms with van der Waals surface area (Å²) in [6, 6.07) is 15.3. The number of H-pyrrole nitrogens is 1. The van der Waals surface area contributed by atoms with Crippen LogP contribution >= 0.6 is 0 Å². The molecule has 0 spiro atoms. The number of nitriles is 1. The van der Waals surface area contributed by atoms with Crippen LogP contribution < -0.4 is 0 Å². The number of carbonyl (C=O) groups excluding carboxylic acids is 1. The maximum Gasteiger partial charge on any atom is 0.270 e. The monoisotopic (exact) mass is 333 g/mol. The molecule has 0 aliphatic carbocycles. The highest BCUT2D eigenvalue weighted by atomic mass is 16.2. The SMILES string of the molecule is C[C@H](c1cc(-c2ccccc2)n[nH]1)N(C)C(=O)c1cc(C#N)cn1C. The molecule has 0 aliphatic rings. The summed E-state index contributed by atoms with van der Waals surface area (Å²) in [5, 5.41) is 16.4. The quantitative estimate of drug-likeness (QED) is 0.797. The topological polar surface area (TPSA) is 77.7 Å². The van der Waals surface area contributed by atoms with E-state index in [2.05, 4.69) is 16.3 Å². The van der Waals surface area contributed by atoms with Crippen LogP contribution in [0.25, 0.3) is 11.3 Å². The number of benzene rings is 1. The van der Waals surface area contributed by atoms with Crippen molar-refractivity contribution in [3.8, 4) is 17.3 Å². The molecule has 126 valence electrons. The lowest BCUT2D eigenvalue weighted by Crippen LogP contribution is -2.31. The number of nitrogens with zero attached hydrogens (tertiary/aromatic N) is 4. The summed E-state index contributed by atoms with van der Waals surface area (Å²) >= 11 is 0. The molecule has 0 aliphatic heterocycles. The van der Waals surface area contributed by atoms with Crippen molar-refractivity contribution < 1.29 is 4.79 Å². The normalized spacial score (nSPS) is 11.8. The highest BCUT2D eigenvalue weighted by molar-refractivity contribution is 5.93. The summed E-state index contributed by atoms with van der Waals surface area (Å²) in [6.45, 7) is 1.94. The van der Waals surface area contributed by atoms with Gasteiger partial charge in [-0.05, 0) is 19.1 Å². The lowest BCUT2D eigenvalue weighted by atomic mass is 10.1. The predicted octanol–water partition coefficient (Wildman–Crippen LogP) is 3.12. The van der Waals surface area contributed by atoms with Gasteiger partial charge in [-0.25, -0.2) is 0 Å². The molecule has 1 atom stereocenters. The zero-order valence-electron chi connectivity index (χ0n) is 14.4. The van der Waals surface area contributed by atoms with Crippen LogP contribution in [0, 0.1) is 11.3 Å². The smallest absolute Gasteiger partial charge is 0.270 e. The third-order valence-corrected chi connectivity index (χ3v) is 4.37. The highest BCUT2D eigenvalue weighted by Crippen LogP contribution is 2.24. The molecule has 1 N–H and O–H groups in total. The molecule has 0 fully saturated rings. The van der Waals surface area contributed by atoms with Gasteiger partial charge in [-0.2, -0.15) is 10.4 Å². The van der Waals surface area contributed by atoms with Crippen LogP contribution in [0.5, 0.6) is 0 Å². The zero-order valence-corrected chi connectivity index (χ0v) is 14.4.